The molecule has 0 spiro atoms. The van der Waals surface area contributed by atoms with Gasteiger partial charge < -0.3 is 15.2 Å². The van der Waals surface area contributed by atoms with Gasteiger partial charge >= 0.3 is 5.97 Å². The number of carbonyl (C=O) groups is 1. The van der Waals surface area contributed by atoms with Gasteiger partial charge in [0, 0.05) is 17.0 Å². The maximum atomic E-state index is 11.0. The van der Waals surface area contributed by atoms with Crippen LogP contribution in [0.15, 0.2) is 35.7 Å². The molecule has 5 heteroatoms. The number of ether oxygens (including phenoxy) is 1. The van der Waals surface area contributed by atoms with Crippen molar-refractivity contribution in [3.8, 4) is 5.75 Å². The summed E-state index contributed by atoms with van der Waals surface area (Å²) in [5.74, 6) is 0.00506. The number of methoxy groups -OCH3 is 1. The van der Waals surface area contributed by atoms with Crippen molar-refractivity contribution in [1.82, 2.24) is 5.32 Å². The van der Waals surface area contributed by atoms with Gasteiger partial charge in [-0.25, -0.2) is 0 Å². The van der Waals surface area contributed by atoms with Crippen molar-refractivity contribution in [1.29, 1.82) is 0 Å². The molecule has 2 rings (SSSR count). The zero-order chi connectivity index (χ0) is 15.2. The normalized spacial score (nSPS) is 12.1. The van der Waals surface area contributed by atoms with E-state index in [9.17, 15) is 4.79 Å². The SMILES string of the molecule is COc1ccc(C)cc1CNC(CC(=O)O)c1cccs1. The van der Waals surface area contributed by atoms with Crippen LogP contribution in [0, 0.1) is 6.92 Å². The highest BCUT2D eigenvalue weighted by atomic mass is 32.1. The second-order valence-electron chi connectivity index (χ2n) is 4.86. The Bertz CT molecular complexity index is 596. The van der Waals surface area contributed by atoms with Gasteiger partial charge in [0.15, 0.2) is 0 Å². The molecule has 2 N–H and O–H groups in total. The predicted molar refractivity (Wildman–Crippen MR) is 83.9 cm³/mol. The van der Waals surface area contributed by atoms with Gasteiger partial charge in [-0.15, -0.1) is 11.3 Å². The Hall–Kier alpha value is -1.85. The lowest BCUT2D eigenvalue weighted by Crippen LogP contribution is -2.23. The number of aryl methyl sites for hydroxylation is 1. The van der Waals surface area contributed by atoms with E-state index in [0.717, 1.165) is 21.8 Å². The lowest BCUT2D eigenvalue weighted by Gasteiger charge is -2.17. The third-order valence-corrected chi connectivity index (χ3v) is 4.23. The Labute approximate surface area is 128 Å². The molecule has 1 aromatic heterocycles. The molecule has 0 aliphatic carbocycles. The van der Waals surface area contributed by atoms with Crippen molar-refractivity contribution in [3.05, 3.63) is 51.7 Å². The van der Waals surface area contributed by atoms with Crippen molar-refractivity contribution in [3.63, 3.8) is 0 Å². The Morgan fingerprint density at radius 2 is 2.24 bits per heavy atom. The van der Waals surface area contributed by atoms with Crippen molar-refractivity contribution >= 4 is 17.3 Å². The van der Waals surface area contributed by atoms with Gasteiger partial charge in [0.2, 0.25) is 0 Å². The average Bonchev–Trinajstić information content (AvgIpc) is 2.97. The standard InChI is InChI=1S/C16H19NO3S/c1-11-5-6-14(20-2)12(8-11)10-17-13(9-16(18)19)15-4-3-7-21-15/h3-8,13,17H,9-10H2,1-2H3,(H,18,19). The van der Waals surface area contributed by atoms with Gasteiger partial charge in [0.1, 0.15) is 5.75 Å². The molecule has 21 heavy (non-hydrogen) atoms. The highest BCUT2D eigenvalue weighted by Gasteiger charge is 2.16. The molecule has 1 atom stereocenters. The second-order valence-corrected chi connectivity index (χ2v) is 5.84. The van der Waals surface area contributed by atoms with Gasteiger partial charge in [-0.3, -0.25) is 4.79 Å². The fourth-order valence-corrected chi connectivity index (χ4v) is 3.02. The topological polar surface area (TPSA) is 58.6 Å². The molecule has 0 bridgehead atoms. The molecule has 0 saturated heterocycles. The summed E-state index contributed by atoms with van der Waals surface area (Å²) in [6, 6.07) is 9.69. The Morgan fingerprint density at radius 3 is 2.86 bits per heavy atom. The molecule has 1 unspecified atom stereocenters. The highest BCUT2D eigenvalue weighted by molar-refractivity contribution is 7.10. The maximum absolute atomic E-state index is 11.0. The molecule has 112 valence electrons. The predicted octanol–water partition coefficient (Wildman–Crippen LogP) is 3.37. The maximum Gasteiger partial charge on any atom is 0.305 e. The van der Waals surface area contributed by atoms with E-state index in [4.69, 9.17) is 9.84 Å². The Morgan fingerprint density at radius 1 is 1.43 bits per heavy atom. The average molecular weight is 305 g/mol. The third kappa shape index (κ3) is 4.31. The number of benzene rings is 1. The molecule has 2 aromatic rings. The number of thiophene rings is 1. The largest absolute Gasteiger partial charge is 0.496 e. The first-order valence-electron chi connectivity index (χ1n) is 6.72. The summed E-state index contributed by atoms with van der Waals surface area (Å²) < 4.78 is 5.35. The fraction of sp³-hybridized carbons (Fsp3) is 0.312. The summed E-state index contributed by atoms with van der Waals surface area (Å²) in [4.78, 5) is 12.1. The molecule has 0 amide bonds. The smallest absolute Gasteiger partial charge is 0.305 e. The van der Waals surface area contributed by atoms with Crippen molar-refractivity contribution < 1.29 is 14.6 Å². The van der Waals surface area contributed by atoms with Crippen LogP contribution in [-0.4, -0.2) is 18.2 Å². The summed E-state index contributed by atoms with van der Waals surface area (Å²) in [7, 11) is 1.64. The number of hydrogen-bond acceptors (Lipinski definition) is 4. The first-order valence-corrected chi connectivity index (χ1v) is 7.60. The van der Waals surface area contributed by atoms with Crippen LogP contribution in [0.1, 0.15) is 28.5 Å². The number of rotatable bonds is 7. The van der Waals surface area contributed by atoms with Crippen LogP contribution in [0.3, 0.4) is 0 Å². The number of aliphatic carboxylic acids is 1. The van der Waals surface area contributed by atoms with Crippen molar-refractivity contribution in [2.24, 2.45) is 0 Å². The van der Waals surface area contributed by atoms with Crippen LogP contribution in [0.2, 0.25) is 0 Å². The summed E-state index contributed by atoms with van der Waals surface area (Å²) in [5, 5.41) is 14.3. The molecule has 4 nitrogen and oxygen atoms in total. The number of hydrogen-bond donors (Lipinski definition) is 2. The van der Waals surface area contributed by atoms with Gasteiger partial charge in [0.25, 0.3) is 0 Å². The molecule has 0 saturated carbocycles. The van der Waals surface area contributed by atoms with Crippen molar-refractivity contribution in [2.45, 2.75) is 25.9 Å². The van der Waals surface area contributed by atoms with E-state index in [1.807, 2.05) is 36.6 Å². The van der Waals surface area contributed by atoms with E-state index in [0.29, 0.717) is 6.54 Å². The van der Waals surface area contributed by atoms with Gasteiger partial charge in [0.05, 0.1) is 19.6 Å². The molecule has 1 heterocycles. The zero-order valence-electron chi connectivity index (χ0n) is 12.1. The summed E-state index contributed by atoms with van der Waals surface area (Å²) in [6.07, 6.45) is 0.0641. The molecular weight excluding hydrogens is 286 g/mol. The van der Waals surface area contributed by atoms with E-state index in [1.165, 1.54) is 0 Å². The molecule has 0 aliphatic heterocycles. The lowest BCUT2D eigenvalue weighted by atomic mass is 10.1. The van der Waals surface area contributed by atoms with Gasteiger partial charge in [-0.2, -0.15) is 0 Å². The summed E-state index contributed by atoms with van der Waals surface area (Å²) in [6.45, 7) is 2.59. The summed E-state index contributed by atoms with van der Waals surface area (Å²) in [5.41, 5.74) is 2.18. The lowest BCUT2D eigenvalue weighted by molar-refractivity contribution is -0.137. The highest BCUT2D eigenvalue weighted by Crippen LogP contribution is 2.25. The van der Waals surface area contributed by atoms with Gasteiger partial charge in [-0.1, -0.05) is 23.8 Å². The van der Waals surface area contributed by atoms with E-state index in [1.54, 1.807) is 18.4 Å². The first kappa shape index (κ1) is 15.5. The Kier molecular flexibility index (Phi) is 5.36. The van der Waals surface area contributed by atoms with Crippen LogP contribution in [0.5, 0.6) is 5.75 Å². The molecule has 0 radical (unpaired) electrons. The van der Waals surface area contributed by atoms with E-state index in [2.05, 4.69) is 11.4 Å². The number of nitrogens with one attached hydrogen (secondary N) is 1. The Balaban J connectivity index is 2.11. The van der Waals surface area contributed by atoms with E-state index < -0.39 is 5.97 Å². The van der Waals surface area contributed by atoms with Crippen molar-refractivity contribution in [2.75, 3.05) is 7.11 Å². The summed E-state index contributed by atoms with van der Waals surface area (Å²) >= 11 is 1.56. The van der Waals surface area contributed by atoms with Crippen LogP contribution in [0.4, 0.5) is 0 Å². The number of carboxylic acid groups (broad SMARTS) is 1. The minimum Gasteiger partial charge on any atom is -0.496 e. The molecule has 0 aliphatic rings. The third-order valence-electron chi connectivity index (χ3n) is 3.24. The molecular formula is C16H19NO3S. The zero-order valence-corrected chi connectivity index (χ0v) is 12.9. The minimum atomic E-state index is -0.808. The van der Waals surface area contributed by atoms with E-state index >= 15 is 0 Å². The number of carboxylic acids is 1. The monoisotopic (exact) mass is 305 g/mol. The van der Waals surface area contributed by atoms with Crippen LogP contribution < -0.4 is 10.1 Å². The molecule has 1 aromatic carbocycles. The van der Waals surface area contributed by atoms with Gasteiger partial charge in [-0.05, 0) is 24.4 Å². The molecule has 0 fully saturated rings. The fourth-order valence-electron chi connectivity index (χ4n) is 2.22. The first-order chi connectivity index (χ1) is 10.1. The van der Waals surface area contributed by atoms with Crippen LogP contribution in [0.25, 0.3) is 0 Å². The van der Waals surface area contributed by atoms with E-state index in [-0.39, 0.29) is 12.5 Å². The second kappa shape index (κ2) is 7.24. The minimum absolute atomic E-state index is 0.0641. The van der Waals surface area contributed by atoms with Crippen LogP contribution >= 0.6 is 11.3 Å². The van der Waals surface area contributed by atoms with Crippen LogP contribution in [-0.2, 0) is 11.3 Å². The quantitative estimate of drug-likeness (QED) is 0.823.